The van der Waals surface area contributed by atoms with E-state index < -0.39 is 26.6 Å². The van der Waals surface area contributed by atoms with Crippen molar-refractivity contribution >= 4 is 15.6 Å². The Morgan fingerprint density at radius 3 is 2.13 bits per heavy atom. The Morgan fingerprint density at radius 1 is 0.957 bits per heavy atom. The molecule has 3 rings (SSSR count). The number of hydrogen-bond donors (Lipinski definition) is 1. The number of rotatable bonds is 3. The standard InChI is InChI=1S/C17H21F2NO2S/c18-15-9-12(10-16(19)17(15)23(20,21)22)14-8-4-7-13(14)11-5-2-1-3-6-11/h9-11H,1-8H2,(H2,20,21,22). The molecule has 6 heteroatoms. The Morgan fingerprint density at radius 2 is 1.57 bits per heavy atom. The molecule has 0 spiro atoms. The average Bonchev–Trinajstić information content (AvgIpc) is 2.95. The highest BCUT2D eigenvalue weighted by Crippen LogP contribution is 2.43. The summed E-state index contributed by atoms with van der Waals surface area (Å²) in [5.41, 5.74) is 2.77. The molecule has 2 aliphatic carbocycles. The lowest BCUT2D eigenvalue weighted by molar-refractivity contribution is 0.398. The Balaban J connectivity index is 2.03. The molecule has 2 aliphatic rings. The quantitative estimate of drug-likeness (QED) is 0.898. The lowest BCUT2D eigenvalue weighted by atomic mass is 9.81. The van der Waals surface area contributed by atoms with Crippen molar-refractivity contribution in [3.8, 4) is 0 Å². The average molecular weight is 341 g/mol. The van der Waals surface area contributed by atoms with Crippen LogP contribution in [0.3, 0.4) is 0 Å². The minimum Gasteiger partial charge on any atom is -0.224 e. The van der Waals surface area contributed by atoms with Gasteiger partial charge in [-0.2, -0.15) is 0 Å². The first-order valence-electron chi connectivity index (χ1n) is 8.12. The van der Waals surface area contributed by atoms with Gasteiger partial charge in [-0.3, -0.25) is 0 Å². The molecular formula is C17H21F2NO2S. The van der Waals surface area contributed by atoms with Crippen LogP contribution in [0.15, 0.2) is 22.6 Å². The highest BCUT2D eigenvalue weighted by Gasteiger charge is 2.27. The van der Waals surface area contributed by atoms with Crippen molar-refractivity contribution in [3.63, 3.8) is 0 Å². The summed E-state index contributed by atoms with van der Waals surface area (Å²) in [7, 11) is -4.40. The van der Waals surface area contributed by atoms with Crippen LogP contribution in [0.4, 0.5) is 8.78 Å². The van der Waals surface area contributed by atoms with E-state index in [4.69, 9.17) is 5.14 Å². The normalized spacial score (nSPS) is 20.3. The van der Waals surface area contributed by atoms with Crippen LogP contribution in [0.1, 0.15) is 56.9 Å². The van der Waals surface area contributed by atoms with Crippen molar-refractivity contribution in [2.75, 3.05) is 0 Å². The minimum absolute atomic E-state index is 0.463. The van der Waals surface area contributed by atoms with Gasteiger partial charge < -0.3 is 0 Å². The van der Waals surface area contributed by atoms with E-state index in [1.54, 1.807) is 0 Å². The topological polar surface area (TPSA) is 60.2 Å². The molecule has 1 fully saturated rings. The summed E-state index contributed by atoms with van der Waals surface area (Å²) in [6.45, 7) is 0. The second kappa shape index (κ2) is 6.32. The number of nitrogens with two attached hydrogens (primary N) is 1. The predicted octanol–water partition coefficient (Wildman–Crippen LogP) is 4.13. The van der Waals surface area contributed by atoms with Gasteiger partial charge in [-0.25, -0.2) is 22.3 Å². The number of allylic oxidation sites excluding steroid dienone is 2. The monoisotopic (exact) mass is 341 g/mol. The molecular weight excluding hydrogens is 320 g/mol. The first-order chi connectivity index (χ1) is 10.9. The summed E-state index contributed by atoms with van der Waals surface area (Å²) in [4.78, 5) is -1.04. The Kier molecular flexibility index (Phi) is 4.56. The summed E-state index contributed by atoms with van der Waals surface area (Å²) in [6.07, 6.45) is 8.69. The molecule has 0 amide bonds. The zero-order chi connectivity index (χ0) is 16.6. The van der Waals surface area contributed by atoms with E-state index in [1.807, 2.05) is 0 Å². The predicted molar refractivity (Wildman–Crippen MR) is 85.1 cm³/mol. The van der Waals surface area contributed by atoms with Crippen LogP contribution in [0.25, 0.3) is 5.57 Å². The smallest absolute Gasteiger partial charge is 0.224 e. The fourth-order valence-electron chi connectivity index (χ4n) is 4.00. The Labute approximate surface area is 135 Å². The van der Waals surface area contributed by atoms with E-state index in [1.165, 1.54) is 24.8 Å². The fourth-order valence-corrected chi connectivity index (χ4v) is 4.67. The van der Waals surface area contributed by atoms with Gasteiger partial charge in [-0.1, -0.05) is 24.8 Å². The molecule has 2 N–H and O–H groups in total. The number of halogens is 2. The molecule has 0 bridgehead atoms. The second-order valence-corrected chi connectivity index (χ2v) is 8.00. The summed E-state index contributed by atoms with van der Waals surface area (Å²) in [5, 5.41) is 4.89. The molecule has 1 saturated carbocycles. The first-order valence-corrected chi connectivity index (χ1v) is 9.66. The largest absolute Gasteiger partial charge is 0.243 e. The lowest BCUT2D eigenvalue weighted by Gasteiger charge is -2.24. The number of primary sulfonamides is 1. The highest BCUT2D eigenvalue weighted by molar-refractivity contribution is 7.89. The van der Waals surface area contributed by atoms with Crippen molar-refractivity contribution in [1.82, 2.24) is 0 Å². The van der Waals surface area contributed by atoms with Crippen LogP contribution < -0.4 is 5.14 Å². The summed E-state index contributed by atoms with van der Waals surface area (Å²) >= 11 is 0. The van der Waals surface area contributed by atoms with Crippen LogP contribution in [0.2, 0.25) is 0 Å². The molecule has 0 atom stereocenters. The van der Waals surface area contributed by atoms with Crippen LogP contribution in [0.5, 0.6) is 0 Å². The van der Waals surface area contributed by atoms with Crippen molar-refractivity contribution in [1.29, 1.82) is 0 Å². The third-order valence-electron chi connectivity index (χ3n) is 4.99. The molecule has 0 aliphatic heterocycles. The van der Waals surface area contributed by atoms with Crippen LogP contribution >= 0.6 is 0 Å². The third kappa shape index (κ3) is 3.33. The van der Waals surface area contributed by atoms with E-state index in [0.29, 0.717) is 11.5 Å². The SMILES string of the molecule is NS(=O)(=O)c1c(F)cc(C2=C(C3CCCCC3)CCC2)cc1F. The van der Waals surface area contributed by atoms with Gasteiger partial charge in [0, 0.05) is 0 Å². The summed E-state index contributed by atoms with van der Waals surface area (Å²) in [5.74, 6) is -1.71. The van der Waals surface area contributed by atoms with Crippen molar-refractivity contribution in [2.45, 2.75) is 56.3 Å². The summed E-state index contributed by atoms with van der Waals surface area (Å²) < 4.78 is 50.8. The maximum Gasteiger partial charge on any atom is 0.243 e. The maximum absolute atomic E-state index is 14.1. The van der Waals surface area contributed by atoms with Gasteiger partial charge in [-0.05, 0) is 61.3 Å². The molecule has 23 heavy (non-hydrogen) atoms. The highest BCUT2D eigenvalue weighted by atomic mass is 32.2. The molecule has 0 unspecified atom stereocenters. The number of benzene rings is 1. The Bertz CT molecular complexity index is 727. The molecule has 126 valence electrons. The van der Waals surface area contributed by atoms with Gasteiger partial charge in [0.1, 0.15) is 11.6 Å². The van der Waals surface area contributed by atoms with Gasteiger partial charge in [0.15, 0.2) is 4.90 Å². The zero-order valence-corrected chi connectivity index (χ0v) is 13.8. The molecule has 0 saturated heterocycles. The van der Waals surface area contributed by atoms with Crippen molar-refractivity contribution in [2.24, 2.45) is 11.1 Å². The number of sulfonamides is 1. The van der Waals surface area contributed by atoms with Crippen LogP contribution in [-0.4, -0.2) is 8.42 Å². The van der Waals surface area contributed by atoms with Crippen molar-refractivity contribution in [3.05, 3.63) is 34.9 Å². The van der Waals surface area contributed by atoms with Gasteiger partial charge in [-0.15, -0.1) is 0 Å². The number of hydrogen-bond acceptors (Lipinski definition) is 2. The van der Waals surface area contributed by atoms with Gasteiger partial charge in [0.25, 0.3) is 0 Å². The fraction of sp³-hybridized carbons (Fsp3) is 0.529. The van der Waals surface area contributed by atoms with Crippen molar-refractivity contribution < 1.29 is 17.2 Å². The van der Waals surface area contributed by atoms with E-state index >= 15 is 0 Å². The van der Waals surface area contributed by atoms with E-state index in [9.17, 15) is 17.2 Å². The molecule has 1 aromatic rings. The Hall–Kier alpha value is -1.27. The minimum atomic E-state index is -4.40. The van der Waals surface area contributed by atoms with Crippen LogP contribution in [0, 0.1) is 17.6 Å². The van der Waals surface area contributed by atoms with Gasteiger partial charge in [0.05, 0.1) is 0 Å². The van der Waals surface area contributed by atoms with Gasteiger partial charge in [0.2, 0.25) is 10.0 Å². The maximum atomic E-state index is 14.1. The third-order valence-corrected chi connectivity index (χ3v) is 5.95. The molecule has 3 nitrogen and oxygen atoms in total. The second-order valence-electron chi connectivity index (χ2n) is 6.51. The lowest BCUT2D eigenvalue weighted by Crippen LogP contribution is -2.16. The molecule has 0 heterocycles. The zero-order valence-electron chi connectivity index (χ0n) is 12.9. The van der Waals surface area contributed by atoms with E-state index in [0.717, 1.165) is 49.8 Å². The van der Waals surface area contributed by atoms with E-state index in [-0.39, 0.29) is 0 Å². The molecule has 0 radical (unpaired) electrons. The molecule has 0 aromatic heterocycles. The summed E-state index contributed by atoms with van der Waals surface area (Å²) in [6, 6.07) is 2.23. The van der Waals surface area contributed by atoms with Crippen LogP contribution in [-0.2, 0) is 10.0 Å². The first kappa shape index (κ1) is 16.6. The van der Waals surface area contributed by atoms with E-state index in [2.05, 4.69) is 0 Å². The van der Waals surface area contributed by atoms with Gasteiger partial charge >= 0.3 is 0 Å². The molecule has 1 aromatic carbocycles.